The van der Waals surface area contributed by atoms with Crippen molar-refractivity contribution in [2.45, 2.75) is 58.3 Å². The van der Waals surface area contributed by atoms with Crippen molar-refractivity contribution in [2.75, 3.05) is 6.54 Å². The van der Waals surface area contributed by atoms with Crippen LogP contribution in [0.3, 0.4) is 0 Å². The number of hydrogen-bond donors (Lipinski definition) is 1. The summed E-state index contributed by atoms with van der Waals surface area (Å²) < 4.78 is 10.8. The molecule has 1 aliphatic rings. The molecule has 2 heterocycles. The summed E-state index contributed by atoms with van der Waals surface area (Å²) >= 11 is 0. The van der Waals surface area contributed by atoms with Gasteiger partial charge in [-0.2, -0.15) is 4.98 Å². The van der Waals surface area contributed by atoms with Crippen LogP contribution in [0.2, 0.25) is 0 Å². The normalized spacial score (nSPS) is 21.7. The maximum Gasteiger partial charge on any atom is 0.252 e. The van der Waals surface area contributed by atoms with Gasteiger partial charge in [0.2, 0.25) is 0 Å². The lowest BCUT2D eigenvalue weighted by Crippen LogP contribution is -2.27. The molecule has 0 spiro atoms. The van der Waals surface area contributed by atoms with Gasteiger partial charge in [0.25, 0.3) is 5.89 Å². The van der Waals surface area contributed by atoms with Crippen LogP contribution >= 0.6 is 0 Å². The second kappa shape index (κ2) is 5.14. The van der Waals surface area contributed by atoms with Crippen LogP contribution in [0.15, 0.2) is 4.52 Å². The van der Waals surface area contributed by atoms with Crippen LogP contribution < -0.4 is 5.32 Å². The Balaban J connectivity index is 1.91. The predicted octanol–water partition coefficient (Wildman–Crippen LogP) is 2.20. The van der Waals surface area contributed by atoms with Crippen molar-refractivity contribution >= 4 is 0 Å². The van der Waals surface area contributed by atoms with Crippen molar-refractivity contribution in [1.82, 2.24) is 15.5 Å². The molecule has 0 aliphatic carbocycles. The van der Waals surface area contributed by atoms with E-state index in [1.807, 2.05) is 20.8 Å². The first-order valence-corrected chi connectivity index (χ1v) is 6.24. The van der Waals surface area contributed by atoms with Gasteiger partial charge in [-0.25, -0.2) is 0 Å². The minimum absolute atomic E-state index is 0.183. The Morgan fingerprint density at radius 1 is 1.41 bits per heavy atom. The van der Waals surface area contributed by atoms with E-state index in [2.05, 4.69) is 15.5 Å². The Morgan fingerprint density at radius 3 is 2.88 bits per heavy atom. The molecular weight excluding hydrogens is 218 g/mol. The SMILES string of the molecule is CC(C)(C)OCc1nc(C2CCCCN2)no1. The van der Waals surface area contributed by atoms with Gasteiger partial charge in [0.1, 0.15) is 6.61 Å². The number of nitrogens with zero attached hydrogens (tertiary/aromatic N) is 2. The largest absolute Gasteiger partial charge is 0.366 e. The Bertz CT molecular complexity index is 351. The number of hydrogen-bond acceptors (Lipinski definition) is 5. The average molecular weight is 239 g/mol. The first-order chi connectivity index (χ1) is 8.04. The molecule has 1 fully saturated rings. The fourth-order valence-electron chi connectivity index (χ4n) is 1.82. The molecule has 0 bridgehead atoms. The minimum atomic E-state index is -0.183. The van der Waals surface area contributed by atoms with E-state index in [0.717, 1.165) is 18.8 Å². The zero-order valence-corrected chi connectivity index (χ0v) is 10.8. The standard InChI is InChI=1S/C12H21N3O2/c1-12(2,3)16-8-10-14-11(15-17-10)9-6-4-5-7-13-9/h9,13H,4-8H2,1-3H3. The number of aromatic nitrogens is 2. The summed E-state index contributed by atoms with van der Waals surface area (Å²) in [6.07, 6.45) is 3.54. The smallest absolute Gasteiger partial charge is 0.252 e. The van der Waals surface area contributed by atoms with Gasteiger partial charge in [-0.1, -0.05) is 11.6 Å². The molecular formula is C12H21N3O2. The van der Waals surface area contributed by atoms with Gasteiger partial charge < -0.3 is 14.6 Å². The molecule has 2 rings (SSSR count). The topological polar surface area (TPSA) is 60.2 Å². The van der Waals surface area contributed by atoms with E-state index in [0.29, 0.717) is 12.5 Å². The van der Waals surface area contributed by atoms with E-state index in [1.165, 1.54) is 12.8 Å². The Hall–Kier alpha value is -0.940. The summed E-state index contributed by atoms with van der Waals surface area (Å²) in [6, 6.07) is 0.246. The van der Waals surface area contributed by atoms with Gasteiger partial charge in [-0.15, -0.1) is 0 Å². The summed E-state index contributed by atoms with van der Waals surface area (Å²) in [5.41, 5.74) is -0.183. The molecule has 1 aliphatic heterocycles. The molecule has 5 heteroatoms. The summed E-state index contributed by atoms with van der Waals surface area (Å²) in [4.78, 5) is 4.37. The Morgan fingerprint density at radius 2 is 2.24 bits per heavy atom. The van der Waals surface area contributed by atoms with Crippen LogP contribution in [0.5, 0.6) is 0 Å². The Kier molecular flexibility index (Phi) is 3.79. The van der Waals surface area contributed by atoms with Crippen molar-refractivity contribution in [3.8, 4) is 0 Å². The van der Waals surface area contributed by atoms with Gasteiger partial charge in [0.15, 0.2) is 5.82 Å². The van der Waals surface area contributed by atoms with Crippen LogP contribution in [-0.4, -0.2) is 22.3 Å². The molecule has 1 aromatic heterocycles. The van der Waals surface area contributed by atoms with Crippen molar-refractivity contribution in [3.05, 3.63) is 11.7 Å². The second-order valence-electron chi connectivity index (χ2n) is 5.45. The van der Waals surface area contributed by atoms with E-state index in [4.69, 9.17) is 9.26 Å². The summed E-state index contributed by atoms with van der Waals surface area (Å²) in [5.74, 6) is 1.32. The molecule has 0 aromatic carbocycles. The fraction of sp³-hybridized carbons (Fsp3) is 0.833. The van der Waals surface area contributed by atoms with Gasteiger partial charge in [0.05, 0.1) is 11.6 Å². The monoisotopic (exact) mass is 239 g/mol. The van der Waals surface area contributed by atoms with Gasteiger partial charge in [-0.3, -0.25) is 0 Å². The van der Waals surface area contributed by atoms with Crippen molar-refractivity contribution in [3.63, 3.8) is 0 Å². The molecule has 1 saturated heterocycles. The highest BCUT2D eigenvalue weighted by atomic mass is 16.5. The van der Waals surface area contributed by atoms with E-state index >= 15 is 0 Å². The first kappa shape index (κ1) is 12.5. The zero-order valence-electron chi connectivity index (χ0n) is 10.8. The molecule has 1 N–H and O–H groups in total. The lowest BCUT2D eigenvalue weighted by Gasteiger charge is -2.20. The number of ether oxygens (including phenoxy) is 1. The molecule has 1 atom stereocenters. The Labute approximate surface area is 102 Å². The van der Waals surface area contributed by atoms with Crippen molar-refractivity contribution in [2.24, 2.45) is 0 Å². The van der Waals surface area contributed by atoms with Crippen LogP contribution in [0.25, 0.3) is 0 Å². The number of nitrogens with one attached hydrogen (secondary N) is 1. The molecule has 96 valence electrons. The number of piperidine rings is 1. The summed E-state index contributed by atoms with van der Waals surface area (Å²) in [7, 11) is 0. The molecule has 0 amide bonds. The molecule has 0 saturated carbocycles. The van der Waals surface area contributed by atoms with Gasteiger partial charge >= 0.3 is 0 Å². The lowest BCUT2D eigenvalue weighted by molar-refractivity contribution is -0.0260. The van der Waals surface area contributed by atoms with Crippen molar-refractivity contribution in [1.29, 1.82) is 0 Å². The number of rotatable bonds is 3. The lowest BCUT2D eigenvalue weighted by atomic mass is 10.0. The third kappa shape index (κ3) is 3.78. The maximum atomic E-state index is 5.60. The third-order valence-electron chi connectivity index (χ3n) is 2.73. The molecule has 1 aromatic rings. The highest BCUT2D eigenvalue weighted by Gasteiger charge is 2.21. The van der Waals surface area contributed by atoms with Gasteiger partial charge in [-0.05, 0) is 40.2 Å². The van der Waals surface area contributed by atoms with E-state index < -0.39 is 0 Å². The zero-order chi connectivity index (χ0) is 12.3. The summed E-state index contributed by atoms with van der Waals surface area (Å²) in [6.45, 7) is 7.43. The van der Waals surface area contributed by atoms with Crippen LogP contribution in [0, 0.1) is 0 Å². The summed E-state index contributed by atoms with van der Waals surface area (Å²) in [5, 5.41) is 7.41. The quantitative estimate of drug-likeness (QED) is 0.876. The molecule has 17 heavy (non-hydrogen) atoms. The van der Waals surface area contributed by atoms with E-state index in [9.17, 15) is 0 Å². The van der Waals surface area contributed by atoms with Crippen molar-refractivity contribution < 1.29 is 9.26 Å². The predicted molar refractivity (Wildman–Crippen MR) is 63.4 cm³/mol. The maximum absolute atomic E-state index is 5.60. The highest BCUT2D eigenvalue weighted by molar-refractivity contribution is 4.95. The second-order valence-corrected chi connectivity index (χ2v) is 5.45. The molecule has 0 radical (unpaired) electrons. The average Bonchev–Trinajstić information content (AvgIpc) is 2.75. The van der Waals surface area contributed by atoms with Crippen LogP contribution in [-0.2, 0) is 11.3 Å². The minimum Gasteiger partial charge on any atom is -0.366 e. The highest BCUT2D eigenvalue weighted by Crippen LogP contribution is 2.20. The van der Waals surface area contributed by atoms with Crippen LogP contribution in [0.4, 0.5) is 0 Å². The fourth-order valence-corrected chi connectivity index (χ4v) is 1.82. The van der Waals surface area contributed by atoms with E-state index in [1.54, 1.807) is 0 Å². The molecule has 1 unspecified atom stereocenters. The van der Waals surface area contributed by atoms with Crippen LogP contribution in [0.1, 0.15) is 57.8 Å². The third-order valence-corrected chi connectivity index (χ3v) is 2.73. The van der Waals surface area contributed by atoms with Gasteiger partial charge in [0, 0.05) is 0 Å². The first-order valence-electron chi connectivity index (χ1n) is 6.24. The molecule has 5 nitrogen and oxygen atoms in total. The van der Waals surface area contributed by atoms with E-state index in [-0.39, 0.29) is 11.6 Å².